The van der Waals surface area contributed by atoms with E-state index in [1.165, 1.54) is 15.3 Å². The molecule has 0 aliphatic rings. The minimum atomic E-state index is 0.0586. The van der Waals surface area contributed by atoms with Crippen molar-refractivity contribution in [2.24, 2.45) is 0 Å². The Morgan fingerprint density at radius 1 is 1.33 bits per heavy atom. The number of nitrogens with one attached hydrogen (secondary N) is 1. The highest BCUT2D eigenvalue weighted by molar-refractivity contribution is 7.12. The molecule has 0 saturated heterocycles. The molecular formula is C17H22N2OS. The highest BCUT2D eigenvalue weighted by Crippen LogP contribution is 2.26. The molecule has 1 heterocycles. The lowest BCUT2D eigenvalue weighted by Gasteiger charge is -2.14. The number of benzene rings is 1. The van der Waals surface area contributed by atoms with Crippen LogP contribution in [-0.2, 0) is 11.2 Å². The second kappa shape index (κ2) is 6.76. The molecule has 0 fully saturated rings. The van der Waals surface area contributed by atoms with Crippen LogP contribution in [-0.4, -0.2) is 5.91 Å². The zero-order valence-corrected chi connectivity index (χ0v) is 13.6. The van der Waals surface area contributed by atoms with E-state index in [2.05, 4.69) is 25.2 Å². The van der Waals surface area contributed by atoms with Gasteiger partial charge in [-0.05, 0) is 56.5 Å². The van der Waals surface area contributed by atoms with Crippen LogP contribution in [0.2, 0.25) is 0 Å². The highest BCUT2D eigenvalue weighted by Gasteiger charge is 2.13. The first kappa shape index (κ1) is 15.6. The Morgan fingerprint density at radius 2 is 2.10 bits per heavy atom. The van der Waals surface area contributed by atoms with Gasteiger partial charge in [0.15, 0.2) is 0 Å². The molecule has 4 heteroatoms. The molecule has 0 aliphatic heterocycles. The van der Waals surface area contributed by atoms with E-state index < -0.39 is 0 Å². The van der Waals surface area contributed by atoms with Gasteiger partial charge in [0.2, 0.25) is 5.91 Å². The van der Waals surface area contributed by atoms with Crippen molar-refractivity contribution in [3.8, 4) is 0 Å². The number of carbonyl (C=O) groups is 1. The van der Waals surface area contributed by atoms with Gasteiger partial charge in [-0.3, -0.25) is 4.79 Å². The second-order valence-corrected chi connectivity index (χ2v) is 6.86. The van der Waals surface area contributed by atoms with E-state index in [1.54, 1.807) is 11.3 Å². The maximum absolute atomic E-state index is 12.1. The molecule has 1 aromatic heterocycles. The van der Waals surface area contributed by atoms with Crippen molar-refractivity contribution in [3.63, 3.8) is 0 Å². The Labute approximate surface area is 130 Å². The van der Waals surface area contributed by atoms with E-state index in [0.29, 0.717) is 12.8 Å². The van der Waals surface area contributed by atoms with Gasteiger partial charge in [-0.1, -0.05) is 12.1 Å². The third kappa shape index (κ3) is 4.33. The predicted octanol–water partition coefficient (Wildman–Crippen LogP) is 3.76. The zero-order chi connectivity index (χ0) is 15.4. The van der Waals surface area contributed by atoms with Crippen molar-refractivity contribution in [1.82, 2.24) is 5.32 Å². The fourth-order valence-corrected chi connectivity index (χ4v) is 3.50. The van der Waals surface area contributed by atoms with Gasteiger partial charge >= 0.3 is 0 Å². The van der Waals surface area contributed by atoms with Crippen LogP contribution in [0.3, 0.4) is 0 Å². The van der Waals surface area contributed by atoms with Gasteiger partial charge < -0.3 is 11.1 Å². The van der Waals surface area contributed by atoms with E-state index in [1.807, 2.05) is 31.2 Å². The number of hydrogen-bond donors (Lipinski definition) is 2. The van der Waals surface area contributed by atoms with Crippen LogP contribution in [0.15, 0.2) is 30.3 Å². The summed E-state index contributed by atoms with van der Waals surface area (Å²) in [5, 5.41) is 3.07. The van der Waals surface area contributed by atoms with E-state index in [9.17, 15) is 4.79 Å². The normalized spacial score (nSPS) is 12.1. The van der Waals surface area contributed by atoms with E-state index in [4.69, 9.17) is 5.73 Å². The number of thiophene rings is 1. The monoisotopic (exact) mass is 302 g/mol. The van der Waals surface area contributed by atoms with Gasteiger partial charge in [-0.25, -0.2) is 0 Å². The molecule has 0 spiro atoms. The SMILES string of the molecule is Cc1cc(C(C)NC(=O)CCc2cccc(N)c2)c(C)s1. The Morgan fingerprint density at radius 3 is 2.71 bits per heavy atom. The van der Waals surface area contributed by atoms with Crippen LogP contribution in [0.1, 0.15) is 40.3 Å². The summed E-state index contributed by atoms with van der Waals surface area (Å²) in [6.45, 7) is 6.23. The van der Waals surface area contributed by atoms with Crippen LogP contribution >= 0.6 is 11.3 Å². The molecule has 1 amide bonds. The minimum absolute atomic E-state index is 0.0586. The van der Waals surface area contributed by atoms with E-state index >= 15 is 0 Å². The molecule has 1 unspecified atom stereocenters. The minimum Gasteiger partial charge on any atom is -0.399 e. The molecular weight excluding hydrogens is 280 g/mol. The molecule has 1 aromatic carbocycles. The molecule has 1 atom stereocenters. The first-order chi connectivity index (χ1) is 9.95. The first-order valence-corrected chi connectivity index (χ1v) is 7.98. The smallest absolute Gasteiger partial charge is 0.220 e. The highest BCUT2D eigenvalue weighted by atomic mass is 32.1. The molecule has 3 N–H and O–H groups in total. The van der Waals surface area contributed by atoms with Crippen LogP contribution in [0.5, 0.6) is 0 Å². The van der Waals surface area contributed by atoms with Gasteiger partial charge in [0, 0.05) is 21.9 Å². The molecule has 112 valence electrons. The fourth-order valence-electron chi connectivity index (χ4n) is 2.48. The van der Waals surface area contributed by atoms with Crippen molar-refractivity contribution in [3.05, 3.63) is 51.2 Å². The molecule has 2 rings (SSSR count). The topological polar surface area (TPSA) is 55.1 Å². The van der Waals surface area contributed by atoms with Gasteiger partial charge in [-0.2, -0.15) is 0 Å². The van der Waals surface area contributed by atoms with Gasteiger partial charge in [-0.15, -0.1) is 11.3 Å². The number of amides is 1. The van der Waals surface area contributed by atoms with E-state index in [-0.39, 0.29) is 11.9 Å². The molecule has 2 aromatic rings. The number of carbonyl (C=O) groups excluding carboxylic acids is 1. The van der Waals surface area contributed by atoms with Crippen molar-refractivity contribution in [2.75, 3.05) is 5.73 Å². The average Bonchev–Trinajstić information content (AvgIpc) is 2.75. The lowest BCUT2D eigenvalue weighted by atomic mass is 10.1. The van der Waals surface area contributed by atoms with Crippen LogP contribution in [0.4, 0.5) is 5.69 Å². The maximum atomic E-state index is 12.1. The Balaban J connectivity index is 1.88. The number of nitrogens with two attached hydrogens (primary N) is 1. The largest absolute Gasteiger partial charge is 0.399 e. The van der Waals surface area contributed by atoms with E-state index in [0.717, 1.165) is 11.3 Å². The lowest BCUT2D eigenvalue weighted by molar-refractivity contribution is -0.121. The number of hydrogen-bond acceptors (Lipinski definition) is 3. The average molecular weight is 302 g/mol. The summed E-state index contributed by atoms with van der Waals surface area (Å²) in [4.78, 5) is 14.6. The van der Waals surface area contributed by atoms with Crippen LogP contribution in [0.25, 0.3) is 0 Å². The quantitative estimate of drug-likeness (QED) is 0.826. The first-order valence-electron chi connectivity index (χ1n) is 7.16. The van der Waals surface area contributed by atoms with Crippen molar-refractivity contribution >= 4 is 22.9 Å². The number of aryl methyl sites for hydroxylation is 3. The zero-order valence-electron chi connectivity index (χ0n) is 12.8. The third-order valence-electron chi connectivity index (χ3n) is 3.52. The summed E-state index contributed by atoms with van der Waals surface area (Å²) >= 11 is 1.77. The third-order valence-corrected chi connectivity index (χ3v) is 4.50. The standard InChI is InChI=1S/C17H22N2OS/c1-11-9-16(13(3)21-11)12(2)19-17(20)8-7-14-5-4-6-15(18)10-14/h4-6,9-10,12H,7-8,18H2,1-3H3,(H,19,20). The van der Waals surface area contributed by atoms with Crippen molar-refractivity contribution in [1.29, 1.82) is 0 Å². The van der Waals surface area contributed by atoms with Crippen LogP contribution in [0, 0.1) is 13.8 Å². The Kier molecular flexibility index (Phi) is 5.02. The lowest BCUT2D eigenvalue weighted by Crippen LogP contribution is -2.26. The Hall–Kier alpha value is -1.81. The van der Waals surface area contributed by atoms with Gasteiger partial charge in [0.1, 0.15) is 0 Å². The summed E-state index contributed by atoms with van der Waals surface area (Å²) < 4.78 is 0. The second-order valence-electron chi connectivity index (χ2n) is 5.40. The summed E-state index contributed by atoms with van der Waals surface area (Å²) in [6.07, 6.45) is 1.20. The number of rotatable bonds is 5. The van der Waals surface area contributed by atoms with Gasteiger partial charge in [0.05, 0.1) is 6.04 Å². The van der Waals surface area contributed by atoms with Crippen molar-refractivity contribution < 1.29 is 4.79 Å². The predicted molar refractivity (Wildman–Crippen MR) is 89.5 cm³/mol. The number of anilines is 1. The summed E-state index contributed by atoms with van der Waals surface area (Å²) in [7, 11) is 0. The van der Waals surface area contributed by atoms with Crippen LogP contribution < -0.4 is 11.1 Å². The van der Waals surface area contributed by atoms with Gasteiger partial charge in [0.25, 0.3) is 0 Å². The molecule has 0 bridgehead atoms. The molecule has 0 aliphatic carbocycles. The van der Waals surface area contributed by atoms with Crippen molar-refractivity contribution in [2.45, 2.75) is 39.7 Å². The summed E-state index contributed by atoms with van der Waals surface area (Å²) in [5.41, 5.74) is 8.80. The number of nitrogen functional groups attached to an aromatic ring is 1. The molecule has 0 saturated carbocycles. The molecule has 3 nitrogen and oxygen atoms in total. The maximum Gasteiger partial charge on any atom is 0.220 e. The Bertz CT molecular complexity index is 633. The summed E-state index contributed by atoms with van der Waals surface area (Å²) in [6, 6.07) is 9.91. The summed E-state index contributed by atoms with van der Waals surface area (Å²) in [5.74, 6) is 0.0770. The molecule has 21 heavy (non-hydrogen) atoms. The fraction of sp³-hybridized carbons (Fsp3) is 0.353. The molecule has 0 radical (unpaired) electrons.